The smallest absolute Gasteiger partial charge is 0.175 e. The Morgan fingerprint density at radius 1 is 1.00 bits per heavy atom. The van der Waals surface area contributed by atoms with Crippen molar-refractivity contribution in [1.82, 2.24) is 4.90 Å². The van der Waals surface area contributed by atoms with Crippen molar-refractivity contribution >= 4 is 27.9 Å². The zero-order valence-corrected chi connectivity index (χ0v) is 23.6. The van der Waals surface area contributed by atoms with Gasteiger partial charge in [0.15, 0.2) is 21.3 Å². The Hall–Kier alpha value is -2.74. The van der Waals surface area contributed by atoms with Gasteiger partial charge in [0.25, 0.3) is 0 Å². The van der Waals surface area contributed by atoms with Gasteiger partial charge >= 0.3 is 0 Å². The van der Waals surface area contributed by atoms with E-state index >= 15 is 0 Å². The van der Waals surface area contributed by atoms with E-state index in [2.05, 4.69) is 48.3 Å². The molecule has 0 unspecified atom stereocenters. The number of fused-ring (bicyclic) bond motifs is 2. The molecule has 200 valence electrons. The molecule has 0 atom stereocenters. The monoisotopic (exact) mass is 544 g/mol. The van der Waals surface area contributed by atoms with E-state index in [0.717, 1.165) is 43.6 Å². The summed E-state index contributed by atoms with van der Waals surface area (Å²) < 4.78 is 28.8. The van der Waals surface area contributed by atoms with E-state index in [4.69, 9.17) is 4.74 Å². The van der Waals surface area contributed by atoms with Crippen molar-refractivity contribution in [2.75, 3.05) is 25.2 Å². The molecule has 0 fully saturated rings. The Bertz CT molecular complexity index is 1320. The predicted octanol–water partition coefficient (Wildman–Crippen LogP) is 5.61. The summed E-state index contributed by atoms with van der Waals surface area (Å²) in [6.45, 7) is 7.12. The van der Waals surface area contributed by atoms with Gasteiger partial charge in [-0.15, -0.1) is 12.4 Å². The predicted molar refractivity (Wildman–Crippen MR) is 152 cm³/mol. The lowest BCUT2D eigenvalue weighted by Crippen LogP contribution is -2.40. The number of aromatic hydroxyl groups is 1. The Morgan fingerprint density at radius 2 is 1.73 bits per heavy atom. The first-order valence-corrected chi connectivity index (χ1v) is 14.2. The zero-order valence-electron chi connectivity index (χ0n) is 22.0. The van der Waals surface area contributed by atoms with E-state index in [0.29, 0.717) is 10.6 Å². The van der Waals surface area contributed by atoms with E-state index in [1.54, 1.807) is 19.2 Å². The average Bonchev–Trinajstić information content (AvgIpc) is 3.50. The number of hydrogen-bond acceptors (Lipinski definition) is 6. The van der Waals surface area contributed by atoms with Crippen molar-refractivity contribution in [1.29, 1.82) is 0 Å². The van der Waals surface area contributed by atoms with Crippen LogP contribution in [0.25, 0.3) is 0 Å². The minimum atomic E-state index is -3.18. The van der Waals surface area contributed by atoms with E-state index in [-0.39, 0.29) is 23.7 Å². The second-order valence-corrected chi connectivity index (χ2v) is 12.2. The largest absolute Gasteiger partial charge is 0.504 e. The summed E-state index contributed by atoms with van der Waals surface area (Å²) in [6.07, 6.45) is 4.24. The second-order valence-electron chi connectivity index (χ2n) is 10.2. The van der Waals surface area contributed by atoms with Crippen LogP contribution >= 0.6 is 12.4 Å². The third-order valence-electron chi connectivity index (χ3n) is 7.18. The zero-order chi connectivity index (χ0) is 25.9. The topological polar surface area (TPSA) is 78.9 Å². The number of phenolic OH excluding ortho intramolecular Hbond substituents is 1. The van der Waals surface area contributed by atoms with Gasteiger partial charge in [0, 0.05) is 37.1 Å². The summed E-state index contributed by atoms with van der Waals surface area (Å²) in [4.78, 5) is 2.78. The summed E-state index contributed by atoms with van der Waals surface area (Å²) in [5.74, 6) is 0.643. The molecule has 8 heteroatoms. The Labute approximate surface area is 227 Å². The maximum absolute atomic E-state index is 11.8. The molecule has 0 saturated heterocycles. The van der Waals surface area contributed by atoms with Gasteiger partial charge in [0.1, 0.15) is 0 Å². The van der Waals surface area contributed by atoms with Gasteiger partial charge in [-0.2, -0.15) is 0 Å². The number of nitrogens with zero attached hydrogens (tertiary/aromatic N) is 1. The van der Waals surface area contributed by atoms with E-state index in [9.17, 15) is 13.5 Å². The van der Waals surface area contributed by atoms with Gasteiger partial charge in [-0.1, -0.05) is 30.3 Å². The Balaban J connectivity index is 0.000000318. The van der Waals surface area contributed by atoms with Crippen molar-refractivity contribution < 1.29 is 18.3 Å². The fourth-order valence-corrected chi connectivity index (χ4v) is 5.43. The minimum absolute atomic E-state index is 0. The van der Waals surface area contributed by atoms with Crippen LogP contribution in [-0.2, 0) is 35.8 Å². The molecule has 0 saturated carbocycles. The Morgan fingerprint density at radius 3 is 2.43 bits per heavy atom. The molecule has 2 heterocycles. The molecule has 0 amide bonds. The van der Waals surface area contributed by atoms with Gasteiger partial charge < -0.3 is 15.2 Å². The molecule has 0 radical (unpaired) electrons. The number of methoxy groups -OCH3 is 1. The first kappa shape index (κ1) is 28.8. The molecule has 3 aromatic carbocycles. The van der Waals surface area contributed by atoms with Gasteiger partial charge in [-0.3, -0.25) is 4.90 Å². The maximum Gasteiger partial charge on any atom is 0.175 e. The SMILES string of the molecule is COc1cc(CCC(C)(C)N2Cc3ccc(S(C)(=O)=O)cc3C2)ccc1O.Cl.c1ccc2c(c1)CCN2. The van der Waals surface area contributed by atoms with E-state index in [1.807, 2.05) is 24.3 Å². The molecule has 0 bridgehead atoms. The molecular weight excluding hydrogens is 508 g/mol. The highest BCUT2D eigenvalue weighted by Gasteiger charge is 2.32. The number of nitrogens with one attached hydrogen (secondary N) is 1. The number of benzene rings is 3. The number of halogens is 1. The lowest BCUT2D eigenvalue weighted by molar-refractivity contribution is 0.109. The quantitative estimate of drug-likeness (QED) is 0.420. The number of anilines is 1. The highest BCUT2D eigenvalue weighted by Crippen LogP contribution is 2.34. The third kappa shape index (κ3) is 6.98. The molecule has 6 nitrogen and oxygen atoms in total. The Kier molecular flexibility index (Phi) is 9.16. The molecule has 37 heavy (non-hydrogen) atoms. The number of rotatable bonds is 6. The first-order chi connectivity index (χ1) is 17.1. The van der Waals surface area contributed by atoms with Crippen LogP contribution in [0.1, 0.15) is 42.5 Å². The normalized spacial score (nSPS) is 14.5. The third-order valence-corrected chi connectivity index (χ3v) is 8.29. The standard InChI is InChI=1S/C21H27NO4S.C8H9N.ClH/c1-21(2,10-9-15-5-8-19(23)20(11-15)26-3)22-13-16-6-7-18(27(4,24)25)12-17(16)14-22;1-2-4-8-7(3-1)5-6-9-8;/h5-8,11-12,23H,9-10,13-14H2,1-4H3;1-4,9H,5-6H2;1H. The molecular formula is C29H37ClN2O4S. The first-order valence-electron chi connectivity index (χ1n) is 12.3. The van der Waals surface area contributed by atoms with Crippen LogP contribution in [-0.4, -0.2) is 43.9 Å². The number of sulfone groups is 1. The van der Waals surface area contributed by atoms with Crippen molar-refractivity contribution in [3.05, 3.63) is 82.9 Å². The highest BCUT2D eigenvalue weighted by atomic mass is 35.5. The van der Waals surface area contributed by atoms with Gasteiger partial charge in [-0.05, 0) is 85.7 Å². The summed E-state index contributed by atoms with van der Waals surface area (Å²) >= 11 is 0. The van der Waals surface area contributed by atoms with Crippen LogP contribution in [0.5, 0.6) is 11.5 Å². The molecule has 2 aliphatic rings. The molecule has 0 aliphatic carbocycles. The number of aryl methyl sites for hydroxylation is 1. The van der Waals surface area contributed by atoms with Crippen LogP contribution in [0.15, 0.2) is 65.6 Å². The highest BCUT2D eigenvalue weighted by molar-refractivity contribution is 7.90. The minimum Gasteiger partial charge on any atom is -0.504 e. The number of ether oxygens (including phenoxy) is 1. The maximum atomic E-state index is 11.8. The van der Waals surface area contributed by atoms with Crippen LogP contribution in [0.3, 0.4) is 0 Å². The lowest BCUT2D eigenvalue weighted by atomic mass is 9.93. The van der Waals surface area contributed by atoms with E-state index < -0.39 is 9.84 Å². The van der Waals surface area contributed by atoms with Crippen LogP contribution in [0.2, 0.25) is 0 Å². The summed E-state index contributed by atoms with van der Waals surface area (Å²) in [6, 6.07) is 19.4. The number of hydrogen-bond donors (Lipinski definition) is 2. The van der Waals surface area contributed by atoms with Gasteiger partial charge in [0.2, 0.25) is 0 Å². The summed E-state index contributed by atoms with van der Waals surface area (Å²) in [7, 11) is -1.63. The fourth-order valence-electron chi connectivity index (χ4n) is 4.76. The van der Waals surface area contributed by atoms with Crippen molar-refractivity contribution in [3.63, 3.8) is 0 Å². The molecule has 2 aliphatic heterocycles. The molecule has 2 N–H and O–H groups in total. The number of para-hydroxylation sites is 1. The van der Waals surface area contributed by atoms with Crippen molar-refractivity contribution in [3.8, 4) is 11.5 Å². The van der Waals surface area contributed by atoms with Crippen molar-refractivity contribution in [2.24, 2.45) is 0 Å². The van der Waals surface area contributed by atoms with Crippen LogP contribution < -0.4 is 10.1 Å². The van der Waals surface area contributed by atoms with Gasteiger partial charge in [-0.25, -0.2) is 8.42 Å². The van der Waals surface area contributed by atoms with Gasteiger partial charge in [0.05, 0.1) is 12.0 Å². The molecule has 0 aromatic heterocycles. The molecule has 3 aromatic rings. The summed E-state index contributed by atoms with van der Waals surface area (Å²) in [5, 5.41) is 13.0. The molecule has 5 rings (SSSR count). The van der Waals surface area contributed by atoms with E-state index in [1.165, 1.54) is 29.5 Å². The molecule has 0 spiro atoms. The fraction of sp³-hybridized carbons (Fsp3) is 0.379. The lowest BCUT2D eigenvalue weighted by Gasteiger charge is -2.35. The number of phenols is 1. The summed E-state index contributed by atoms with van der Waals surface area (Å²) in [5.41, 5.74) is 6.14. The average molecular weight is 545 g/mol. The second kappa shape index (κ2) is 11.8. The van der Waals surface area contributed by atoms with Crippen LogP contribution in [0, 0.1) is 0 Å². The van der Waals surface area contributed by atoms with Crippen LogP contribution in [0.4, 0.5) is 5.69 Å². The van der Waals surface area contributed by atoms with Crippen molar-refractivity contribution in [2.45, 2.75) is 56.6 Å².